The molecule has 0 aromatic carbocycles. The summed E-state index contributed by atoms with van der Waals surface area (Å²) in [6.07, 6.45) is 2.00. The fourth-order valence-corrected chi connectivity index (χ4v) is 16.2. The lowest BCUT2D eigenvalue weighted by Crippen LogP contribution is -2.50. The van der Waals surface area contributed by atoms with E-state index in [4.69, 9.17) is 0 Å². The van der Waals surface area contributed by atoms with Crippen LogP contribution in [0.1, 0.15) is 44.9 Å². The highest BCUT2D eigenvalue weighted by Gasteiger charge is 2.31. The Morgan fingerprint density at radius 3 is 0.463 bits per heavy atom. The molecule has 4 rings (SSSR count). The van der Waals surface area contributed by atoms with E-state index in [1.807, 2.05) is 0 Å². The third kappa shape index (κ3) is 57.2. The van der Waals surface area contributed by atoms with Crippen molar-refractivity contribution in [2.75, 3.05) is 373 Å². The van der Waals surface area contributed by atoms with E-state index < -0.39 is 107 Å². The van der Waals surface area contributed by atoms with Gasteiger partial charge in [-0.2, -0.15) is 0 Å². The van der Waals surface area contributed by atoms with Crippen molar-refractivity contribution in [3.8, 4) is 0 Å². The van der Waals surface area contributed by atoms with Crippen LogP contribution in [0.25, 0.3) is 0 Å². The zero-order valence-corrected chi connectivity index (χ0v) is 77.1. The predicted octanol–water partition coefficient (Wildman–Crippen LogP) is -9.86. The SMILES string of the molecule is O=C(O)CN1CCN(CC(=O)O)CCN(CC(=O)NCCCN(CCCCC(C(=O)O)N(CCCNC(=O)CN2CCN(CC(=O)O)CCN(CC(=O)O)CCN(CC(=O)O)CC2)CCCNC(=O)CN2CCN(CC(=O)O)CCN(CC(=O)O)CCN(CC(=O)O)CC2)CCCNC(=O)CN2CCN(CC(=O)O)CCN(CC(=O)O)CCN(CC(=O)O)CC2)CCN(CC(=O)O)CC1. The smallest absolute Gasteiger partial charge is 0.320 e. The Balaban J connectivity index is 1.61. The molecule has 0 saturated carbocycles. The number of unbranched alkanes of at least 4 members (excludes halogenated alkanes) is 1. The summed E-state index contributed by atoms with van der Waals surface area (Å²) in [5.74, 6) is -16.3. The van der Waals surface area contributed by atoms with Gasteiger partial charge >= 0.3 is 77.6 Å². The molecule has 134 heavy (non-hydrogen) atoms. The molecule has 17 N–H and O–H groups in total. The maximum atomic E-state index is 13.9. The molecule has 4 heterocycles. The van der Waals surface area contributed by atoms with Crippen LogP contribution in [-0.2, 0) is 81.5 Å². The number of carboxylic acid groups (broad SMARTS) is 13. The lowest BCUT2D eigenvalue weighted by molar-refractivity contribution is -0.144. The molecular weight excluding hydrogens is 1770 g/mol. The molecule has 4 saturated heterocycles. The van der Waals surface area contributed by atoms with E-state index in [0.29, 0.717) is 45.3 Å². The topological polar surface area (TPSA) is 660 Å². The van der Waals surface area contributed by atoms with Gasteiger partial charge in [-0.3, -0.25) is 165 Å². The van der Waals surface area contributed by atoms with Crippen molar-refractivity contribution in [3.05, 3.63) is 0 Å². The third-order valence-corrected chi connectivity index (χ3v) is 23.3. The molecule has 52 nitrogen and oxygen atoms in total. The van der Waals surface area contributed by atoms with Crippen molar-refractivity contribution < 1.29 is 148 Å². The number of carbonyl (C=O) groups is 17. The largest absolute Gasteiger partial charge is 0.480 e. The summed E-state index contributed by atoms with van der Waals surface area (Å²) in [4.78, 5) is 243. The Labute approximate surface area is 779 Å². The van der Waals surface area contributed by atoms with Gasteiger partial charge in [0, 0.05) is 249 Å². The highest BCUT2D eigenvalue weighted by molar-refractivity contribution is 5.80. The Hall–Kier alpha value is -9.73. The van der Waals surface area contributed by atoms with E-state index in [1.54, 1.807) is 83.3 Å². The molecule has 764 valence electrons. The summed E-state index contributed by atoms with van der Waals surface area (Å²) in [5.41, 5.74) is 0. The molecular formula is C82H146N22O30. The zero-order valence-electron chi connectivity index (χ0n) is 77.1. The first-order chi connectivity index (χ1) is 63.7. The van der Waals surface area contributed by atoms with Gasteiger partial charge in [-0.25, -0.2) is 0 Å². The first-order valence-corrected chi connectivity index (χ1v) is 45.7. The van der Waals surface area contributed by atoms with Gasteiger partial charge in [0.15, 0.2) is 0 Å². The van der Waals surface area contributed by atoms with Crippen molar-refractivity contribution in [2.45, 2.75) is 51.0 Å². The van der Waals surface area contributed by atoms with Crippen LogP contribution in [0.3, 0.4) is 0 Å². The number of aliphatic carboxylic acids is 13. The van der Waals surface area contributed by atoms with Crippen LogP contribution in [-0.4, -0.2) is 635 Å². The highest BCUT2D eigenvalue weighted by Crippen LogP contribution is 2.15. The summed E-state index contributed by atoms with van der Waals surface area (Å²) >= 11 is 0. The van der Waals surface area contributed by atoms with Crippen LogP contribution in [0, 0.1) is 0 Å². The standard InChI is InChI=1S/C82H146N22O30/c105-66(49-88-17-25-92(53-70(109)110)33-41-100(61-78(125)126)42-34-93(26-18-88)54-71(111)112)83-8-3-13-87(14-4-9-84-67(106)50-89-19-27-94(55-72(113)114)35-43-101(62-79(127)128)44-36-95(28-20-89)56-73(115)116)12-2-1-7-65(82(133)134)104(15-5-10-85-68(107)51-90-21-29-96(57-74(117)118)37-45-102(63-80(129)130)46-38-97(30-22-90)58-75(119)120)16-6-11-86-69(108)52-91-23-31-98(59-76(121)122)39-47-103(64-81(131)132)48-40-99(32-24-91)60-77(123)124/h65H,1-64H2,(H,83,105)(H,84,106)(H,85,107)(H,86,108)(H,109,110)(H,111,112)(H,113,114)(H,115,116)(H,117,118)(H,119,120)(H,121,122)(H,123,124)(H,125,126)(H,127,128)(H,129,130)(H,131,132)(H,133,134). The fraction of sp³-hybridized carbons (Fsp3) is 0.793. The quantitative estimate of drug-likeness (QED) is 0.0252. The van der Waals surface area contributed by atoms with Crippen LogP contribution in [0.5, 0.6) is 0 Å². The van der Waals surface area contributed by atoms with Gasteiger partial charge in [0.1, 0.15) is 6.04 Å². The molecule has 0 spiro atoms. The first-order valence-electron chi connectivity index (χ1n) is 45.7. The van der Waals surface area contributed by atoms with Crippen molar-refractivity contribution in [1.82, 2.24) is 109 Å². The van der Waals surface area contributed by atoms with E-state index in [2.05, 4.69) is 26.2 Å². The van der Waals surface area contributed by atoms with Crippen molar-refractivity contribution in [1.29, 1.82) is 0 Å². The molecule has 0 bridgehead atoms. The third-order valence-electron chi connectivity index (χ3n) is 23.3. The number of nitrogens with one attached hydrogen (secondary N) is 4. The second-order valence-electron chi connectivity index (χ2n) is 34.2. The molecule has 4 amide bonds. The Morgan fingerprint density at radius 1 is 0.187 bits per heavy atom. The first kappa shape index (κ1) is 117. The van der Waals surface area contributed by atoms with Gasteiger partial charge in [-0.15, -0.1) is 0 Å². The van der Waals surface area contributed by atoms with E-state index in [0.717, 1.165) is 0 Å². The van der Waals surface area contributed by atoms with Crippen LogP contribution >= 0.6 is 0 Å². The molecule has 0 radical (unpaired) electrons. The molecule has 1 atom stereocenters. The monoisotopic (exact) mass is 1920 g/mol. The molecule has 1 unspecified atom stereocenters. The van der Waals surface area contributed by atoms with E-state index >= 15 is 0 Å². The van der Waals surface area contributed by atoms with Crippen molar-refractivity contribution in [3.63, 3.8) is 0 Å². The Kier molecular flexibility index (Phi) is 58.0. The van der Waals surface area contributed by atoms with Gasteiger partial charge in [0.2, 0.25) is 23.6 Å². The maximum Gasteiger partial charge on any atom is 0.320 e. The molecule has 0 aliphatic carbocycles. The highest BCUT2D eigenvalue weighted by atomic mass is 16.4. The second kappa shape index (κ2) is 66.7. The summed E-state index contributed by atoms with van der Waals surface area (Å²) < 4.78 is 0. The number of nitrogens with zero attached hydrogens (tertiary/aromatic N) is 18. The lowest BCUT2D eigenvalue weighted by atomic mass is 10.1. The van der Waals surface area contributed by atoms with Crippen LogP contribution < -0.4 is 21.3 Å². The summed E-state index contributed by atoms with van der Waals surface area (Å²) in [6, 6.07) is -1.14. The average molecular weight is 1920 g/mol. The van der Waals surface area contributed by atoms with Crippen LogP contribution in [0.4, 0.5) is 0 Å². The van der Waals surface area contributed by atoms with Crippen molar-refractivity contribution in [2.24, 2.45) is 0 Å². The minimum atomic E-state index is -1.18. The molecule has 0 aromatic rings. The number of hydrogen-bond acceptors (Lipinski definition) is 35. The van der Waals surface area contributed by atoms with Gasteiger partial charge in [0.25, 0.3) is 0 Å². The Morgan fingerprint density at radius 2 is 0.321 bits per heavy atom. The summed E-state index contributed by atoms with van der Waals surface area (Å²) in [6.45, 7) is 1.83. The number of hydrogen-bond donors (Lipinski definition) is 17. The fourth-order valence-electron chi connectivity index (χ4n) is 16.2. The van der Waals surface area contributed by atoms with Gasteiger partial charge in [-0.05, 0) is 58.2 Å². The molecule has 4 aliphatic rings. The summed E-state index contributed by atoms with van der Waals surface area (Å²) in [5, 5.41) is 140. The summed E-state index contributed by atoms with van der Waals surface area (Å²) in [7, 11) is 0. The normalized spacial score (nSPS) is 18.8. The number of rotatable bonds is 55. The molecule has 0 aromatic heterocycles. The van der Waals surface area contributed by atoms with E-state index in [-0.39, 0.29) is 373 Å². The van der Waals surface area contributed by atoms with Gasteiger partial charge in [-0.1, -0.05) is 6.42 Å². The van der Waals surface area contributed by atoms with Crippen LogP contribution in [0.15, 0.2) is 0 Å². The number of carbonyl (C=O) groups excluding carboxylic acids is 4. The van der Waals surface area contributed by atoms with Gasteiger partial charge < -0.3 is 92.6 Å². The number of amides is 4. The van der Waals surface area contributed by atoms with E-state index in [1.165, 1.54) is 0 Å². The molecule has 4 aliphatic heterocycles. The van der Waals surface area contributed by atoms with E-state index in [9.17, 15) is 148 Å². The zero-order chi connectivity index (χ0) is 98.9. The molecule has 52 heteroatoms. The predicted molar refractivity (Wildman–Crippen MR) is 478 cm³/mol. The lowest BCUT2D eigenvalue weighted by Gasteiger charge is -2.33. The van der Waals surface area contributed by atoms with Gasteiger partial charge in [0.05, 0.1) is 105 Å². The number of carboxylic acids is 13. The maximum absolute atomic E-state index is 13.9. The second-order valence-corrected chi connectivity index (χ2v) is 34.2. The van der Waals surface area contributed by atoms with Crippen LogP contribution in [0.2, 0.25) is 0 Å². The Bertz CT molecular complexity index is 3330. The minimum absolute atomic E-state index is 0.0373. The minimum Gasteiger partial charge on any atom is -0.480 e. The average Bonchev–Trinajstić information content (AvgIpc) is 0.885. The van der Waals surface area contributed by atoms with Crippen molar-refractivity contribution >= 4 is 101 Å². The molecule has 4 fully saturated rings.